The second-order valence-electron chi connectivity index (χ2n) is 5.63. The van der Waals surface area contributed by atoms with E-state index in [-0.39, 0.29) is 11.7 Å². The molecule has 0 heterocycles. The average molecular weight is 334 g/mol. The van der Waals surface area contributed by atoms with Gasteiger partial charge < -0.3 is 14.5 Å². The first-order valence-electron chi connectivity index (χ1n) is 7.43. The van der Waals surface area contributed by atoms with Gasteiger partial charge in [-0.15, -0.1) is 0 Å². The van der Waals surface area contributed by atoms with E-state index in [1.165, 1.54) is 23.1 Å². The minimum absolute atomic E-state index is 0.0282. The van der Waals surface area contributed by atoms with Crippen LogP contribution < -0.4 is 9.64 Å². The van der Waals surface area contributed by atoms with E-state index in [4.69, 9.17) is 0 Å². The molecule has 0 N–H and O–H groups in total. The van der Waals surface area contributed by atoms with Crippen LogP contribution in [0.3, 0.4) is 0 Å². The van der Waals surface area contributed by atoms with E-state index < -0.39 is 6.61 Å². The fourth-order valence-electron chi connectivity index (χ4n) is 2.27. The number of anilines is 1. The Hall–Kier alpha value is -2.63. The predicted octanol–water partition coefficient (Wildman–Crippen LogP) is 3.63. The highest BCUT2D eigenvalue weighted by atomic mass is 19.3. The summed E-state index contributed by atoms with van der Waals surface area (Å²) in [5, 5.41) is 0. The Balaban J connectivity index is 2.06. The lowest BCUT2D eigenvalue weighted by Crippen LogP contribution is -2.26. The van der Waals surface area contributed by atoms with E-state index in [2.05, 4.69) is 4.74 Å². The molecule has 128 valence electrons. The molecule has 2 rings (SSSR count). The molecule has 4 nitrogen and oxygen atoms in total. The van der Waals surface area contributed by atoms with Crippen LogP contribution >= 0.6 is 0 Å². The number of carbonyl (C=O) groups is 1. The quantitative estimate of drug-likeness (QED) is 0.809. The second-order valence-corrected chi connectivity index (χ2v) is 5.63. The molecule has 1 amide bonds. The maximum atomic E-state index is 12.4. The number of hydrogen-bond donors (Lipinski definition) is 0. The van der Waals surface area contributed by atoms with E-state index in [9.17, 15) is 13.6 Å². The molecular formula is C18H20F2N2O2. The summed E-state index contributed by atoms with van der Waals surface area (Å²) in [7, 11) is 5.58. The summed E-state index contributed by atoms with van der Waals surface area (Å²) in [5.41, 5.74) is 2.36. The van der Waals surface area contributed by atoms with Crippen LogP contribution in [0.1, 0.15) is 15.9 Å². The molecule has 0 saturated heterocycles. The zero-order valence-corrected chi connectivity index (χ0v) is 13.9. The van der Waals surface area contributed by atoms with Crippen LogP contribution in [-0.2, 0) is 6.54 Å². The number of carbonyl (C=O) groups excluding carboxylic acids is 1. The lowest BCUT2D eigenvalue weighted by atomic mass is 10.1. The van der Waals surface area contributed by atoms with Crippen molar-refractivity contribution in [2.24, 2.45) is 0 Å². The SMILES string of the molecule is CN(Cc1ccc(N(C)C)cc1)C(=O)c1cccc(OC(F)F)c1. The minimum Gasteiger partial charge on any atom is -0.435 e. The fourth-order valence-corrected chi connectivity index (χ4v) is 2.27. The molecule has 0 atom stereocenters. The van der Waals surface area contributed by atoms with Crippen LogP contribution in [0.5, 0.6) is 5.75 Å². The summed E-state index contributed by atoms with van der Waals surface area (Å²) < 4.78 is 28.9. The van der Waals surface area contributed by atoms with Gasteiger partial charge >= 0.3 is 6.61 Å². The highest BCUT2D eigenvalue weighted by molar-refractivity contribution is 5.94. The van der Waals surface area contributed by atoms with Crippen molar-refractivity contribution >= 4 is 11.6 Å². The maximum Gasteiger partial charge on any atom is 0.387 e. The van der Waals surface area contributed by atoms with Crippen LogP contribution in [0.4, 0.5) is 14.5 Å². The number of nitrogens with zero attached hydrogens (tertiary/aromatic N) is 2. The van der Waals surface area contributed by atoms with Gasteiger partial charge in [0.2, 0.25) is 0 Å². The monoisotopic (exact) mass is 334 g/mol. The second kappa shape index (κ2) is 7.77. The molecule has 0 bridgehead atoms. The molecule has 0 spiro atoms. The number of hydrogen-bond acceptors (Lipinski definition) is 3. The summed E-state index contributed by atoms with van der Waals surface area (Å²) in [6.07, 6.45) is 0. The van der Waals surface area contributed by atoms with Gasteiger partial charge in [-0.3, -0.25) is 4.79 Å². The molecule has 0 aromatic heterocycles. The van der Waals surface area contributed by atoms with E-state index >= 15 is 0 Å². The number of benzene rings is 2. The van der Waals surface area contributed by atoms with Gasteiger partial charge in [0.15, 0.2) is 0 Å². The first-order chi connectivity index (χ1) is 11.4. The minimum atomic E-state index is -2.91. The summed E-state index contributed by atoms with van der Waals surface area (Å²) in [6.45, 7) is -2.49. The Morgan fingerprint density at radius 2 is 1.75 bits per heavy atom. The molecule has 0 unspecified atom stereocenters. The number of ether oxygens (including phenoxy) is 1. The van der Waals surface area contributed by atoms with Crippen molar-refractivity contribution in [3.63, 3.8) is 0 Å². The molecule has 24 heavy (non-hydrogen) atoms. The van der Waals surface area contributed by atoms with Gasteiger partial charge in [0.25, 0.3) is 5.91 Å². The summed E-state index contributed by atoms with van der Waals surface area (Å²) in [4.78, 5) is 16.0. The van der Waals surface area contributed by atoms with Crippen LogP contribution in [0.2, 0.25) is 0 Å². The van der Waals surface area contributed by atoms with Gasteiger partial charge in [-0.05, 0) is 35.9 Å². The zero-order chi connectivity index (χ0) is 17.7. The van der Waals surface area contributed by atoms with Crippen molar-refractivity contribution < 1.29 is 18.3 Å². The highest BCUT2D eigenvalue weighted by Gasteiger charge is 2.14. The van der Waals surface area contributed by atoms with E-state index in [1.807, 2.05) is 43.3 Å². The standard InChI is InChI=1S/C18H20F2N2O2/c1-21(2)15-9-7-13(8-10-15)12-22(3)17(23)14-5-4-6-16(11-14)24-18(19)20/h4-11,18H,12H2,1-3H3. The van der Waals surface area contributed by atoms with Gasteiger partial charge in [0, 0.05) is 38.9 Å². The number of halogens is 2. The first-order valence-corrected chi connectivity index (χ1v) is 7.43. The number of alkyl halides is 2. The van der Waals surface area contributed by atoms with Crippen molar-refractivity contribution in [2.75, 3.05) is 26.0 Å². The van der Waals surface area contributed by atoms with E-state index in [0.717, 1.165) is 11.3 Å². The Labute approximate surface area is 140 Å². The number of amides is 1. The van der Waals surface area contributed by atoms with Crippen LogP contribution in [-0.4, -0.2) is 38.6 Å². The molecule has 0 aliphatic heterocycles. The van der Waals surface area contributed by atoms with E-state index in [0.29, 0.717) is 12.1 Å². The van der Waals surface area contributed by atoms with Crippen LogP contribution in [0, 0.1) is 0 Å². The third kappa shape index (κ3) is 4.68. The third-order valence-corrected chi connectivity index (χ3v) is 3.53. The molecule has 0 aliphatic carbocycles. The lowest BCUT2D eigenvalue weighted by molar-refractivity contribution is -0.0499. The van der Waals surface area contributed by atoms with Crippen molar-refractivity contribution in [3.8, 4) is 5.75 Å². The topological polar surface area (TPSA) is 32.8 Å². The molecule has 6 heteroatoms. The summed E-state index contributed by atoms with van der Waals surface area (Å²) in [6, 6.07) is 13.7. The molecule has 2 aromatic carbocycles. The normalized spacial score (nSPS) is 10.6. The largest absolute Gasteiger partial charge is 0.435 e. The van der Waals surface area contributed by atoms with Crippen molar-refractivity contribution in [1.29, 1.82) is 0 Å². The predicted molar refractivity (Wildman–Crippen MR) is 89.6 cm³/mol. The zero-order valence-electron chi connectivity index (χ0n) is 13.9. The van der Waals surface area contributed by atoms with E-state index in [1.54, 1.807) is 13.1 Å². The maximum absolute atomic E-state index is 12.4. The Kier molecular flexibility index (Phi) is 5.73. The molecule has 0 fully saturated rings. The lowest BCUT2D eigenvalue weighted by Gasteiger charge is -2.19. The van der Waals surface area contributed by atoms with Crippen LogP contribution in [0.25, 0.3) is 0 Å². The van der Waals surface area contributed by atoms with Crippen molar-refractivity contribution in [2.45, 2.75) is 13.2 Å². The molecule has 0 radical (unpaired) electrons. The third-order valence-electron chi connectivity index (χ3n) is 3.53. The average Bonchev–Trinajstić information content (AvgIpc) is 2.54. The Bertz CT molecular complexity index is 688. The smallest absolute Gasteiger partial charge is 0.387 e. The molecular weight excluding hydrogens is 314 g/mol. The number of rotatable bonds is 6. The fraction of sp³-hybridized carbons (Fsp3) is 0.278. The summed E-state index contributed by atoms with van der Waals surface area (Å²) in [5.74, 6) is -0.286. The van der Waals surface area contributed by atoms with Gasteiger partial charge in [-0.2, -0.15) is 8.78 Å². The first kappa shape index (κ1) is 17.7. The van der Waals surface area contributed by atoms with Crippen molar-refractivity contribution in [1.82, 2.24) is 4.90 Å². The Morgan fingerprint density at radius 3 is 2.33 bits per heavy atom. The van der Waals surface area contributed by atoms with Crippen LogP contribution in [0.15, 0.2) is 48.5 Å². The molecule has 2 aromatic rings. The van der Waals surface area contributed by atoms with Gasteiger partial charge in [-0.1, -0.05) is 18.2 Å². The Morgan fingerprint density at radius 1 is 1.08 bits per heavy atom. The van der Waals surface area contributed by atoms with Gasteiger partial charge in [0.1, 0.15) is 5.75 Å². The van der Waals surface area contributed by atoms with Gasteiger partial charge in [0.05, 0.1) is 0 Å². The molecule has 0 saturated carbocycles. The van der Waals surface area contributed by atoms with Gasteiger partial charge in [-0.25, -0.2) is 0 Å². The highest BCUT2D eigenvalue weighted by Crippen LogP contribution is 2.18. The molecule has 0 aliphatic rings. The van der Waals surface area contributed by atoms with Crippen molar-refractivity contribution in [3.05, 3.63) is 59.7 Å². The summed E-state index contributed by atoms with van der Waals surface area (Å²) >= 11 is 0.